The minimum Gasteiger partial charge on any atom is -0.507 e. The number of sulfone groups is 1. The van der Waals surface area contributed by atoms with Gasteiger partial charge in [0, 0.05) is 29.4 Å². The molecule has 1 aromatic carbocycles. The average molecular weight is 560 g/mol. The SMILES string of the molecule is COC(=O)C[C@H](c1c(C)nn([C@@H]2CCS(=O)(=O)C2)c1C)c1c(O)cc(C)n(CCc2ccc(O)c(O)c2)c1=O. The lowest BCUT2D eigenvalue weighted by Gasteiger charge is -2.21. The van der Waals surface area contributed by atoms with E-state index in [9.17, 15) is 33.3 Å². The number of carbonyl (C=O) groups is 1. The summed E-state index contributed by atoms with van der Waals surface area (Å²) >= 11 is 0. The van der Waals surface area contributed by atoms with E-state index in [-0.39, 0.29) is 53.3 Å². The summed E-state index contributed by atoms with van der Waals surface area (Å²) in [7, 11) is -1.93. The maximum absolute atomic E-state index is 13.9. The zero-order valence-electron chi connectivity index (χ0n) is 22.3. The number of aromatic nitrogens is 3. The van der Waals surface area contributed by atoms with E-state index in [2.05, 4.69) is 5.10 Å². The summed E-state index contributed by atoms with van der Waals surface area (Å²) in [5, 5.41) is 35.0. The molecule has 3 aromatic rings. The highest BCUT2D eigenvalue weighted by atomic mass is 32.2. The summed E-state index contributed by atoms with van der Waals surface area (Å²) in [6.45, 7) is 5.40. The van der Waals surface area contributed by atoms with Crippen molar-refractivity contribution in [1.29, 1.82) is 0 Å². The quantitative estimate of drug-likeness (QED) is 0.278. The molecule has 0 radical (unpaired) electrons. The van der Waals surface area contributed by atoms with E-state index in [4.69, 9.17) is 4.74 Å². The Morgan fingerprint density at radius 1 is 1.10 bits per heavy atom. The van der Waals surface area contributed by atoms with Gasteiger partial charge < -0.3 is 24.6 Å². The first-order chi connectivity index (χ1) is 18.3. The molecule has 0 unspecified atom stereocenters. The molecule has 2 aromatic heterocycles. The summed E-state index contributed by atoms with van der Waals surface area (Å²) in [5.41, 5.74) is 2.43. The minimum absolute atomic E-state index is 0.0179. The fourth-order valence-corrected chi connectivity index (χ4v) is 7.13. The number of pyridine rings is 1. The Labute approximate surface area is 226 Å². The molecule has 1 saturated heterocycles. The molecule has 4 rings (SSSR count). The molecule has 0 spiro atoms. The molecule has 3 N–H and O–H groups in total. The molecule has 3 heterocycles. The van der Waals surface area contributed by atoms with Crippen molar-refractivity contribution in [2.45, 2.75) is 58.5 Å². The second-order valence-electron chi connectivity index (χ2n) is 10.0. The van der Waals surface area contributed by atoms with E-state index in [1.807, 2.05) is 0 Å². The van der Waals surface area contributed by atoms with Crippen LogP contribution in [0.3, 0.4) is 0 Å². The van der Waals surface area contributed by atoms with Gasteiger partial charge in [-0.2, -0.15) is 5.10 Å². The highest BCUT2D eigenvalue weighted by molar-refractivity contribution is 7.91. The first-order valence-corrected chi connectivity index (χ1v) is 14.4. The van der Waals surface area contributed by atoms with Crippen LogP contribution in [0.15, 0.2) is 29.1 Å². The number of methoxy groups -OCH3 is 1. The van der Waals surface area contributed by atoms with Gasteiger partial charge in [0.05, 0.1) is 42.3 Å². The molecule has 39 heavy (non-hydrogen) atoms. The van der Waals surface area contributed by atoms with Gasteiger partial charge >= 0.3 is 5.97 Å². The average Bonchev–Trinajstić information content (AvgIpc) is 3.37. The van der Waals surface area contributed by atoms with Gasteiger partial charge in [-0.15, -0.1) is 0 Å². The lowest BCUT2D eigenvalue weighted by molar-refractivity contribution is -0.140. The number of ether oxygens (including phenoxy) is 1. The van der Waals surface area contributed by atoms with Crippen molar-refractivity contribution in [1.82, 2.24) is 14.3 Å². The smallest absolute Gasteiger partial charge is 0.306 e. The normalized spacial score (nSPS) is 17.3. The van der Waals surface area contributed by atoms with E-state index in [0.29, 0.717) is 41.1 Å². The van der Waals surface area contributed by atoms with Crippen LogP contribution >= 0.6 is 0 Å². The van der Waals surface area contributed by atoms with Crippen LogP contribution in [0.25, 0.3) is 0 Å². The van der Waals surface area contributed by atoms with E-state index in [1.54, 1.807) is 31.5 Å². The summed E-state index contributed by atoms with van der Waals surface area (Å²) in [6, 6.07) is 5.54. The lowest BCUT2D eigenvalue weighted by atomic mass is 9.87. The molecule has 0 amide bonds. The van der Waals surface area contributed by atoms with Crippen LogP contribution in [-0.2, 0) is 32.3 Å². The number of esters is 1. The fraction of sp³-hybridized carbons (Fsp3) is 0.444. The number of rotatable bonds is 8. The largest absolute Gasteiger partial charge is 0.507 e. The molecule has 1 aliphatic heterocycles. The Hall–Kier alpha value is -3.80. The van der Waals surface area contributed by atoms with E-state index < -0.39 is 27.3 Å². The van der Waals surface area contributed by atoms with Crippen molar-refractivity contribution in [2.24, 2.45) is 0 Å². The predicted octanol–water partition coefficient (Wildman–Crippen LogP) is 2.38. The van der Waals surface area contributed by atoms with E-state index in [0.717, 1.165) is 0 Å². The van der Waals surface area contributed by atoms with E-state index in [1.165, 1.54) is 29.9 Å². The summed E-state index contributed by atoms with van der Waals surface area (Å²) in [5.74, 6) is -2.21. The summed E-state index contributed by atoms with van der Waals surface area (Å²) in [4.78, 5) is 26.4. The Morgan fingerprint density at radius 3 is 2.44 bits per heavy atom. The molecule has 0 saturated carbocycles. The molecule has 0 aliphatic carbocycles. The van der Waals surface area contributed by atoms with Gasteiger partial charge in [0.2, 0.25) is 0 Å². The van der Waals surface area contributed by atoms with Gasteiger partial charge in [-0.1, -0.05) is 6.07 Å². The number of benzene rings is 1. The molecule has 2 atom stereocenters. The highest BCUT2D eigenvalue weighted by Gasteiger charge is 2.35. The van der Waals surface area contributed by atoms with Crippen LogP contribution in [-0.4, -0.2) is 62.7 Å². The maximum Gasteiger partial charge on any atom is 0.306 e. The highest BCUT2D eigenvalue weighted by Crippen LogP contribution is 2.38. The third-order valence-corrected chi connectivity index (χ3v) is 9.17. The number of hydrogen-bond acceptors (Lipinski definition) is 9. The van der Waals surface area contributed by atoms with Crippen LogP contribution in [0, 0.1) is 20.8 Å². The van der Waals surface area contributed by atoms with Gasteiger partial charge in [-0.3, -0.25) is 14.3 Å². The van der Waals surface area contributed by atoms with Crippen LogP contribution < -0.4 is 5.56 Å². The van der Waals surface area contributed by atoms with Crippen molar-refractivity contribution < 1.29 is 33.3 Å². The zero-order valence-corrected chi connectivity index (χ0v) is 23.2. The van der Waals surface area contributed by atoms with Crippen molar-refractivity contribution >= 4 is 15.8 Å². The Bertz CT molecular complexity index is 1590. The number of aryl methyl sites for hydroxylation is 3. The molecule has 1 aliphatic rings. The van der Waals surface area contributed by atoms with Gasteiger partial charge in [-0.25, -0.2) is 8.42 Å². The molecule has 11 nitrogen and oxygen atoms in total. The third-order valence-electron chi connectivity index (χ3n) is 7.42. The lowest BCUT2D eigenvalue weighted by Crippen LogP contribution is -2.29. The fourth-order valence-electron chi connectivity index (χ4n) is 5.44. The third kappa shape index (κ3) is 5.65. The summed E-state index contributed by atoms with van der Waals surface area (Å²) in [6.07, 6.45) is 0.540. The van der Waals surface area contributed by atoms with Gasteiger partial charge in [0.15, 0.2) is 21.3 Å². The van der Waals surface area contributed by atoms with Crippen molar-refractivity contribution in [3.05, 3.63) is 68.4 Å². The molecular weight excluding hydrogens is 526 g/mol. The van der Waals surface area contributed by atoms with Gasteiger partial charge in [0.25, 0.3) is 5.56 Å². The molecule has 1 fully saturated rings. The zero-order chi connectivity index (χ0) is 28.6. The van der Waals surface area contributed by atoms with Crippen molar-refractivity contribution in [3.8, 4) is 17.2 Å². The topological polar surface area (TPSA) is 161 Å². The number of carbonyl (C=O) groups excluding carboxylic acids is 1. The molecule has 0 bridgehead atoms. The monoisotopic (exact) mass is 559 g/mol. The first kappa shape index (κ1) is 28.2. The number of phenolic OH excluding ortho intramolecular Hbond substituents is 2. The van der Waals surface area contributed by atoms with Crippen LogP contribution in [0.2, 0.25) is 0 Å². The Kier molecular flexibility index (Phi) is 7.78. The number of hydrogen-bond donors (Lipinski definition) is 3. The Balaban J connectivity index is 1.79. The Morgan fingerprint density at radius 2 is 1.82 bits per heavy atom. The second kappa shape index (κ2) is 10.8. The van der Waals surface area contributed by atoms with Gasteiger partial charge in [-0.05, 0) is 57.4 Å². The van der Waals surface area contributed by atoms with Crippen molar-refractivity contribution in [3.63, 3.8) is 0 Å². The van der Waals surface area contributed by atoms with Gasteiger partial charge in [0.1, 0.15) is 5.75 Å². The standard InChI is InChI=1S/C27H33N3O8S/c1-15-11-23(33)26(27(35)29(15)9-7-18-5-6-21(31)22(32)12-18)20(13-24(34)38-4)25-16(2)28-30(17(25)3)19-8-10-39(36,37)14-19/h5-6,11-12,19-20,31-33H,7-10,13-14H2,1-4H3/t19-,20-/m1/s1. The van der Waals surface area contributed by atoms with E-state index >= 15 is 0 Å². The first-order valence-electron chi connectivity index (χ1n) is 12.6. The number of phenols is 2. The molecule has 12 heteroatoms. The molecule has 210 valence electrons. The number of aromatic hydroxyl groups is 3. The molecular formula is C27H33N3O8S. The van der Waals surface area contributed by atoms with Crippen LogP contribution in [0.4, 0.5) is 0 Å². The maximum atomic E-state index is 13.9. The number of nitrogens with zero attached hydrogens (tertiary/aromatic N) is 3. The predicted molar refractivity (Wildman–Crippen MR) is 143 cm³/mol. The summed E-state index contributed by atoms with van der Waals surface area (Å²) < 4.78 is 32.3. The van der Waals surface area contributed by atoms with Crippen LogP contribution in [0.1, 0.15) is 58.6 Å². The van der Waals surface area contributed by atoms with Crippen LogP contribution in [0.5, 0.6) is 17.2 Å². The minimum atomic E-state index is -3.18. The van der Waals surface area contributed by atoms with Crippen molar-refractivity contribution in [2.75, 3.05) is 18.6 Å². The second-order valence-corrected chi connectivity index (χ2v) is 12.3.